The third kappa shape index (κ3) is 3.31. The highest BCUT2D eigenvalue weighted by molar-refractivity contribution is 6.32. The van der Waals surface area contributed by atoms with Gasteiger partial charge < -0.3 is 19.1 Å². The van der Waals surface area contributed by atoms with Crippen molar-refractivity contribution in [1.29, 1.82) is 0 Å². The number of carbonyl (C=O) groups excluding carboxylic acids is 4. The maximum absolute atomic E-state index is 14.6. The van der Waals surface area contributed by atoms with Crippen molar-refractivity contribution in [2.24, 2.45) is 5.41 Å². The molecule has 3 atom stereocenters. The van der Waals surface area contributed by atoms with Gasteiger partial charge in [-0.2, -0.15) is 0 Å². The molecule has 8 heteroatoms. The molecule has 1 saturated heterocycles. The van der Waals surface area contributed by atoms with Gasteiger partial charge in [0.2, 0.25) is 0 Å². The van der Waals surface area contributed by atoms with Crippen molar-refractivity contribution >= 4 is 35.1 Å². The summed E-state index contributed by atoms with van der Waals surface area (Å²) in [7, 11) is 3.03. The first-order valence-corrected chi connectivity index (χ1v) is 12.9. The van der Waals surface area contributed by atoms with Crippen molar-refractivity contribution in [3.63, 3.8) is 0 Å². The second-order valence-corrected chi connectivity index (χ2v) is 10.2. The summed E-state index contributed by atoms with van der Waals surface area (Å²) in [6.07, 6.45) is 3.63. The van der Waals surface area contributed by atoms with Gasteiger partial charge in [0.05, 0.1) is 32.0 Å². The van der Waals surface area contributed by atoms with E-state index in [2.05, 4.69) is 0 Å². The fourth-order valence-electron chi connectivity index (χ4n) is 6.80. The summed E-state index contributed by atoms with van der Waals surface area (Å²) in [5, 5.41) is 0. The van der Waals surface area contributed by atoms with E-state index in [1.54, 1.807) is 59.5 Å². The van der Waals surface area contributed by atoms with Gasteiger partial charge in [-0.15, -0.1) is 0 Å². The van der Waals surface area contributed by atoms with Crippen LogP contribution >= 0.6 is 0 Å². The molecule has 0 amide bonds. The Kier molecular flexibility index (Phi) is 5.87. The first kappa shape index (κ1) is 25.6. The van der Waals surface area contributed by atoms with E-state index in [-0.39, 0.29) is 23.1 Å². The molecule has 3 aromatic rings. The van der Waals surface area contributed by atoms with Crippen LogP contribution in [0, 0.1) is 5.41 Å². The Morgan fingerprint density at radius 3 is 2.15 bits per heavy atom. The lowest BCUT2D eigenvalue weighted by Crippen LogP contribution is -2.48. The molecule has 202 valence electrons. The molecule has 1 spiro atoms. The van der Waals surface area contributed by atoms with E-state index in [1.807, 2.05) is 18.2 Å². The molecule has 2 aliphatic heterocycles. The zero-order valence-electron chi connectivity index (χ0n) is 22.5. The fourth-order valence-corrected chi connectivity index (χ4v) is 6.80. The molecule has 6 rings (SSSR count). The minimum atomic E-state index is -1.70. The monoisotopic (exact) mass is 537 g/mol. The van der Waals surface area contributed by atoms with E-state index in [9.17, 15) is 19.2 Å². The van der Waals surface area contributed by atoms with Gasteiger partial charge in [0, 0.05) is 35.1 Å². The second kappa shape index (κ2) is 9.19. The zero-order chi connectivity index (χ0) is 28.3. The standard InChI is InChI=1S/C32H27NO7/c1-17(34)28-27(23-16-20(38-3)13-14-24(23)39-4)32(30(36)21-9-5-6-10-22(21)31(32)37)26-15-12-19-8-7-11-25(40-18(2)35)29(19)33(26)28/h5-16,26-28H,1-4H3/t26?,27-,28-/m0/s1. The Morgan fingerprint density at radius 2 is 1.55 bits per heavy atom. The van der Waals surface area contributed by atoms with Gasteiger partial charge in [-0.1, -0.05) is 48.6 Å². The van der Waals surface area contributed by atoms with E-state index in [0.717, 1.165) is 0 Å². The maximum Gasteiger partial charge on any atom is 0.308 e. The van der Waals surface area contributed by atoms with Crippen molar-refractivity contribution in [2.75, 3.05) is 19.1 Å². The average Bonchev–Trinajstić information content (AvgIpc) is 3.38. The molecule has 0 radical (unpaired) electrons. The number of benzene rings is 3. The molecule has 1 unspecified atom stereocenters. The highest BCUT2D eigenvalue weighted by atomic mass is 16.5. The van der Waals surface area contributed by atoms with Gasteiger partial charge in [-0.05, 0) is 31.2 Å². The number of hydrogen-bond donors (Lipinski definition) is 0. The summed E-state index contributed by atoms with van der Waals surface area (Å²) in [4.78, 5) is 56.9. The quantitative estimate of drug-likeness (QED) is 0.264. The predicted molar refractivity (Wildman–Crippen MR) is 147 cm³/mol. The van der Waals surface area contributed by atoms with Crippen LogP contribution in [-0.4, -0.2) is 49.6 Å². The van der Waals surface area contributed by atoms with Crippen LogP contribution in [0.1, 0.15) is 51.6 Å². The molecule has 3 aromatic carbocycles. The lowest BCUT2D eigenvalue weighted by atomic mass is 9.64. The molecule has 0 saturated carbocycles. The smallest absolute Gasteiger partial charge is 0.308 e. The number of para-hydroxylation sites is 1. The normalized spacial score (nSPS) is 21.6. The molecule has 3 aliphatic rings. The van der Waals surface area contributed by atoms with Gasteiger partial charge in [-0.25, -0.2) is 0 Å². The van der Waals surface area contributed by atoms with E-state index in [1.165, 1.54) is 28.1 Å². The predicted octanol–water partition coefficient (Wildman–Crippen LogP) is 4.65. The Balaban J connectivity index is 1.71. The molecule has 8 nitrogen and oxygen atoms in total. The number of methoxy groups -OCH3 is 2. The SMILES string of the molecule is COc1ccc(OC)c([C@H]2[C@H](C(C)=O)N3c4c(cccc4OC(C)=O)C=CC3C23C(=O)c2ccccc2C3=O)c1. The van der Waals surface area contributed by atoms with Crippen LogP contribution in [-0.2, 0) is 9.59 Å². The van der Waals surface area contributed by atoms with Gasteiger partial charge >= 0.3 is 5.97 Å². The number of Topliss-reactive ketones (excluding diaryl/α,β-unsaturated/α-hetero) is 3. The van der Waals surface area contributed by atoms with Gasteiger partial charge in [0.1, 0.15) is 16.9 Å². The largest absolute Gasteiger partial charge is 0.497 e. The van der Waals surface area contributed by atoms with Crippen molar-refractivity contribution in [2.45, 2.75) is 31.8 Å². The summed E-state index contributed by atoms with van der Waals surface area (Å²) >= 11 is 0. The van der Waals surface area contributed by atoms with Crippen LogP contribution in [0.4, 0.5) is 5.69 Å². The first-order valence-electron chi connectivity index (χ1n) is 12.9. The average molecular weight is 538 g/mol. The van der Waals surface area contributed by atoms with Crippen LogP contribution in [0.15, 0.2) is 66.7 Å². The van der Waals surface area contributed by atoms with E-state index < -0.39 is 29.4 Å². The molecule has 0 N–H and O–H groups in total. The van der Waals surface area contributed by atoms with Gasteiger partial charge in [0.25, 0.3) is 0 Å². The number of nitrogens with zero attached hydrogens (tertiary/aromatic N) is 1. The number of hydrogen-bond acceptors (Lipinski definition) is 8. The minimum absolute atomic E-state index is 0.245. The lowest BCUT2D eigenvalue weighted by molar-refractivity contribution is -0.131. The highest BCUT2D eigenvalue weighted by Gasteiger charge is 2.71. The number of carbonyl (C=O) groups is 4. The van der Waals surface area contributed by atoms with E-state index in [0.29, 0.717) is 39.4 Å². The van der Waals surface area contributed by atoms with Gasteiger partial charge in [0.15, 0.2) is 23.1 Å². The lowest BCUT2D eigenvalue weighted by Gasteiger charge is -2.37. The van der Waals surface area contributed by atoms with Crippen LogP contribution in [0.3, 0.4) is 0 Å². The van der Waals surface area contributed by atoms with Crippen LogP contribution in [0.5, 0.6) is 17.2 Å². The maximum atomic E-state index is 14.6. The Labute approximate surface area is 231 Å². The van der Waals surface area contributed by atoms with E-state index >= 15 is 0 Å². The third-order valence-electron chi connectivity index (χ3n) is 8.23. The second-order valence-electron chi connectivity index (χ2n) is 10.2. The van der Waals surface area contributed by atoms with Crippen molar-refractivity contribution in [1.82, 2.24) is 0 Å². The highest BCUT2D eigenvalue weighted by Crippen LogP contribution is 2.62. The number of fused-ring (bicyclic) bond motifs is 5. The fraction of sp³-hybridized carbons (Fsp3) is 0.250. The molecule has 1 fully saturated rings. The molecular weight excluding hydrogens is 510 g/mol. The van der Waals surface area contributed by atoms with Crippen molar-refractivity contribution < 1.29 is 33.4 Å². The third-order valence-corrected chi connectivity index (χ3v) is 8.23. The summed E-state index contributed by atoms with van der Waals surface area (Å²) in [6.45, 7) is 2.75. The minimum Gasteiger partial charge on any atom is -0.497 e. The topological polar surface area (TPSA) is 99.2 Å². The number of esters is 1. The number of ketones is 3. The molecule has 2 heterocycles. The summed E-state index contributed by atoms with van der Waals surface area (Å²) in [5.74, 6) is -1.30. The van der Waals surface area contributed by atoms with Gasteiger partial charge in [-0.3, -0.25) is 19.2 Å². The summed E-state index contributed by atoms with van der Waals surface area (Å²) in [5.41, 5.74) is 0.616. The summed E-state index contributed by atoms with van der Waals surface area (Å²) in [6, 6.07) is 15.3. The number of rotatable bonds is 5. The van der Waals surface area contributed by atoms with Crippen molar-refractivity contribution in [3.8, 4) is 17.2 Å². The van der Waals surface area contributed by atoms with Crippen LogP contribution in [0.2, 0.25) is 0 Å². The van der Waals surface area contributed by atoms with Crippen molar-refractivity contribution in [3.05, 3.63) is 89.0 Å². The molecule has 0 bridgehead atoms. The summed E-state index contributed by atoms with van der Waals surface area (Å²) < 4.78 is 16.9. The zero-order valence-corrected chi connectivity index (χ0v) is 22.5. The Hall–Kier alpha value is -4.72. The molecule has 1 aliphatic carbocycles. The van der Waals surface area contributed by atoms with E-state index in [4.69, 9.17) is 14.2 Å². The van der Waals surface area contributed by atoms with Crippen LogP contribution in [0.25, 0.3) is 6.08 Å². The Morgan fingerprint density at radius 1 is 0.850 bits per heavy atom. The number of anilines is 1. The molecular formula is C32H27NO7. The molecule has 0 aromatic heterocycles. The number of ether oxygens (including phenoxy) is 3. The Bertz CT molecular complexity index is 1600. The first-order chi connectivity index (χ1) is 19.2. The molecule has 40 heavy (non-hydrogen) atoms. The van der Waals surface area contributed by atoms with Crippen LogP contribution < -0.4 is 19.1 Å².